The zero-order valence-electron chi connectivity index (χ0n) is 21.4. The van der Waals surface area contributed by atoms with Crippen molar-refractivity contribution in [2.24, 2.45) is 7.05 Å². The molecule has 3 aromatic rings. The molecule has 0 aliphatic heterocycles. The topological polar surface area (TPSA) is 66.8 Å². The molecule has 0 atom stereocenters. The predicted octanol–water partition coefficient (Wildman–Crippen LogP) is 5.24. The maximum absolute atomic E-state index is 13.6. The fourth-order valence-electron chi connectivity index (χ4n) is 3.79. The zero-order valence-corrected chi connectivity index (χ0v) is 22.2. The molecule has 0 aliphatic rings. The van der Waals surface area contributed by atoms with Crippen LogP contribution in [0, 0.1) is 0 Å². The Bertz CT molecular complexity index is 1090. The number of amides is 3. The number of aryl methyl sites for hydroxylation is 1. The zero-order chi connectivity index (χ0) is 25.8. The summed E-state index contributed by atoms with van der Waals surface area (Å²) in [7, 11) is 1.97. The molecule has 1 heterocycles. The molecule has 0 saturated carbocycles. The predicted molar refractivity (Wildman–Crippen MR) is 146 cm³/mol. The van der Waals surface area contributed by atoms with E-state index in [1.165, 1.54) is 0 Å². The van der Waals surface area contributed by atoms with Gasteiger partial charge in [-0.2, -0.15) is 0 Å². The fourth-order valence-corrected chi connectivity index (χ4v) is 4.19. The van der Waals surface area contributed by atoms with Gasteiger partial charge in [0.1, 0.15) is 6.54 Å². The van der Waals surface area contributed by atoms with E-state index in [2.05, 4.69) is 5.32 Å². The minimum Gasteiger partial charge on any atom is -0.382 e. The maximum Gasteiger partial charge on any atom is 0.322 e. The van der Waals surface area contributed by atoms with Crippen LogP contribution in [0.3, 0.4) is 0 Å². The lowest BCUT2D eigenvalue weighted by atomic mass is 10.2. The number of carbonyl (C=O) groups excluding carboxylic acids is 2. The number of anilines is 1. The quantitative estimate of drug-likeness (QED) is 0.253. The maximum atomic E-state index is 13.6. The lowest BCUT2D eigenvalue weighted by Gasteiger charge is -2.28. The Morgan fingerprint density at radius 2 is 1.72 bits per heavy atom. The molecular formula is C28H36N4O3S. The second-order valence-corrected chi connectivity index (χ2v) is 9.36. The molecule has 0 radical (unpaired) electrons. The monoisotopic (exact) mass is 508 g/mol. The molecule has 0 saturated heterocycles. The van der Waals surface area contributed by atoms with Gasteiger partial charge in [-0.3, -0.25) is 4.79 Å². The van der Waals surface area contributed by atoms with Crippen LogP contribution in [0.2, 0.25) is 0 Å². The Morgan fingerprint density at radius 3 is 2.36 bits per heavy atom. The van der Waals surface area contributed by atoms with Crippen molar-refractivity contribution in [2.75, 3.05) is 37.9 Å². The van der Waals surface area contributed by atoms with Crippen molar-refractivity contribution < 1.29 is 14.3 Å². The number of urea groups is 1. The molecule has 36 heavy (non-hydrogen) atoms. The third-order valence-corrected chi connectivity index (χ3v) is 6.59. The lowest BCUT2D eigenvalue weighted by Crippen LogP contribution is -2.44. The average Bonchev–Trinajstić information content (AvgIpc) is 3.30. The highest BCUT2D eigenvalue weighted by molar-refractivity contribution is 7.98. The smallest absolute Gasteiger partial charge is 0.322 e. The summed E-state index contributed by atoms with van der Waals surface area (Å²) in [5, 5.41) is 2.94. The summed E-state index contributed by atoms with van der Waals surface area (Å²) in [6.45, 7) is 4.43. The summed E-state index contributed by atoms with van der Waals surface area (Å²) in [6.07, 6.45) is 4.63. The van der Waals surface area contributed by atoms with Crippen LogP contribution in [0.4, 0.5) is 10.5 Å². The van der Waals surface area contributed by atoms with E-state index >= 15 is 0 Å². The molecule has 192 valence electrons. The number of hydrogen-bond acceptors (Lipinski definition) is 4. The van der Waals surface area contributed by atoms with E-state index in [-0.39, 0.29) is 18.5 Å². The van der Waals surface area contributed by atoms with Gasteiger partial charge in [0.25, 0.3) is 0 Å². The second kappa shape index (κ2) is 14.4. The number of ether oxygens (including phenoxy) is 1. The number of hydrogen-bond donors (Lipinski definition) is 1. The van der Waals surface area contributed by atoms with E-state index in [9.17, 15) is 9.59 Å². The van der Waals surface area contributed by atoms with Gasteiger partial charge in [-0.15, -0.1) is 11.8 Å². The Labute approximate surface area is 218 Å². The largest absolute Gasteiger partial charge is 0.382 e. The van der Waals surface area contributed by atoms with E-state index in [1.54, 1.807) is 21.6 Å². The first-order valence-corrected chi connectivity index (χ1v) is 13.4. The van der Waals surface area contributed by atoms with Crippen molar-refractivity contribution in [1.82, 2.24) is 14.4 Å². The highest BCUT2D eigenvalue weighted by atomic mass is 32.2. The molecule has 8 heteroatoms. The normalized spacial score (nSPS) is 10.8. The van der Waals surface area contributed by atoms with Crippen molar-refractivity contribution in [3.63, 3.8) is 0 Å². The van der Waals surface area contributed by atoms with Gasteiger partial charge in [0.05, 0.1) is 6.54 Å². The number of rotatable bonds is 13. The first-order valence-electron chi connectivity index (χ1n) is 12.2. The van der Waals surface area contributed by atoms with E-state index in [1.807, 2.05) is 97.7 Å². The molecule has 0 aliphatic carbocycles. The summed E-state index contributed by atoms with van der Waals surface area (Å²) >= 11 is 1.64. The SMILES string of the molecule is CCOCCCN(CC(=O)N(Cc1ccccc1)Cc1cccn1C)C(=O)Nc1ccc(SC)cc1. The Kier molecular flexibility index (Phi) is 10.9. The van der Waals surface area contributed by atoms with Gasteiger partial charge < -0.3 is 24.4 Å². The molecule has 0 unspecified atom stereocenters. The van der Waals surface area contributed by atoms with E-state index in [0.717, 1.165) is 16.2 Å². The van der Waals surface area contributed by atoms with Crippen LogP contribution in [-0.4, -0.2) is 58.9 Å². The number of benzene rings is 2. The highest BCUT2D eigenvalue weighted by Crippen LogP contribution is 2.18. The number of aromatic nitrogens is 1. The second-order valence-electron chi connectivity index (χ2n) is 8.48. The fraction of sp³-hybridized carbons (Fsp3) is 0.357. The summed E-state index contributed by atoms with van der Waals surface area (Å²) in [4.78, 5) is 31.3. The third kappa shape index (κ3) is 8.46. The van der Waals surface area contributed by atoms with E-state index in [4.69, 9.17) is 4.74 Å². The van der Waals surface area contributed by atoms with Gasteiger partial charge >= 0.3 is 6.03 Å². The summed E-state index contributed by atoms with van der Waals surface area (Å²) in [5.74, 6) is -0.107. The minimum absolute atomic E-state index is 0.0158. The molecule has 1 aromatic heterocycles. The third-order valence-electron chi connectivity index (χ3n) is 5.85. The van der Waals surface area contributed by atoms with Crippen LogP contribution >= 0.6 is 11.8 Å². The van der Waals surface area contributed by atoms with Crippen LogP contribution in [0.25, 0.3) is 0 Å². The van der Waals surface area contributed by atoms with Crippen LogP contribution in [0.15, 0.2) is 77.8 Å². The Balaban J connectivity index is 1.74. The molecule has 3 rings (SSSR count). The van der Waals surface area contributed by atoms with Crippen LogP contribution in [-0.2, 0) is 29.7 Å². The van der Waals surface area contributed by atoms with Crippen LogP contribution in [0.5, 0.6) is 0 Å². The van der Waals surface area contributed by atoms with Crippen molar-refractivity contribution in [1.29, 1.82) is 0 Å². The molecule has 0 bridgehead atoms. The lowest BCUT2D eigenvalue weighted by molar-refractivity contribution is -0.133. The molecular weight excluding hydrogens is 472 g/mol. The average molecular weight is 509 g/mol. The van der Waals surface area contributed by atoms with Gasteiger partial charge in [0, 0.05) is 55.8 Å². The number of nitrogens with zero attached hydrogens (tertiary/aromatic N) is 3. The van der Waals surface area contributed by atoms with Crippen molar-refractivity contribution in [2.45, 2.75) is 31.3 Å². The minimum atomic E-state index is -0.296. The number of nitrogens with one attached hydrogen (secondary N) is 1. The highest BCUT2D eigenvalue weighted by Gasteiger charge is 2.22. The summed E-state index contributed by atoms with van der Waals surface area (Å²) < 4.78 is 7.47. The Hall–Kier alpha value is -3.23. The van der Waals surface area contributed by atoms with Gasteiger partial charge in [-0.1, -0.05) is 30.3 Å². The van der Waals surface area contributed by atoms with E-state index < -0.39 is 0 Å². The van der Waals surface area contributed by atoms with Gasteiger partial charge in [-0.05, 0) is 61.6 Å². The van der Waals surface area contributed by atoms with Crippen LogP contribution in [0.1, 0.15) is 24.6 Å². The molecule has 0 fully saturated rings. The van der Waals surface area contributed by atoms with Gasteiger partial charge in [-0.25, -0.2) is 4.79 Å². The Morgan fingerprint density at radius 1 is 0.972 bits per heavy atom. The van der Waals surface area contributed by atoms with Gasteiger partial charge in [0.15, 0.2) is 0 Å². The molecule has 0 spiro atoms. The van der Waals surface area contributed by atoms with Crippen LogP contribution < -0.4 is 5.32 Å². The molecule has 1 N–H and O–H groups in total. The molecule has 3 amide bonds. The van der Waals surface area contributed by atoms with Crippen molar-refractivity contribution >= 4 is 29.4 Å². The van der Waals surface area contributed by atoms with Crippen molar-refractivity contribution in [3.05, 3.63) is 84.2 Å². The number of thioether (sulfide) groups is 1. The standard InChI is InChI=1S/C28H36N4O3S/c1-4-35-19-9-18-31(28(34)29-24-13-15-26(36-3)16-14-24)22-27(33)32(20-23-10-6-5-7-11-23)21-25-12-8-17-30(25)2/h5-8,10-17H,4,9,18-22H2,1-3H3,(H,29,34). The molecule has 7 nitrogen and oxygen atoms in total. The first kappa shape index (κ1) is 27.4. The van der Waals surface area contributed by atoms with Gasteiger partial charge in [0.2, 0.25) is 5.91 Å². The first-order chi connectivity index (χ1) is 17.5. The van der Waals surface area contributed by atoms with Crippen molar-refractivity contribution in [3.8, 4) is 0 Å². The number of carbonyl (C=O) groups is 2. The summed E-state index contributed by atoms with van der Waals surface area (Å²) in [5.41, 5.74) is 2.77. The summed E-state index contributed by atoms with van der Waals surface area (Å²) in [6, 6.07) is 21.3. The van der Waals surface area contributed by atoms with E-state index in [0.29, 0.717) is 45.0 Å². The molecule has 2 aromatic carbocycles.